The molecule has 0 aliphatic rings. The van der Waals surface area contributed by atoms with Crippen molar-refractivity contribution < 1.29 is 5.11 Å². The fourth-order valence-corrected chi connectivity index (χ4v) is 1.99. The van der Waals surface area contributed by atoms with Gasteiger partial charge in [0.25, 0.3) is 0 Å². The van der Waals surface area contributed by atoms with Crippen molar-refractivity contribution in [1.82, 2.24) is 4.98 Å². The van der Waals surface area contributed by atoms with Gasteiger partial charge in [-0.2, -0.15) is 0 Å². The van der Waals surface area contributed by atoms with E-state index in [9.17, 15) is 5.11 Å². The molecule has 3 heteroatoms. The highest BCUT2D eigenvalue weighted by Gasteiger charge is 2.12. The molecule has 0 saturated carbocycles. The van der Waals surface area contributed by atoms with Crippen LogP contribution in [0.2, 0.25) is 5.02 Å². The van der Waals surface area contributed by atoms with Crippen molar-refractivity contribution >= 4 is 22.5 Å². The monoisotopic (exact) mass is 209 g/mol. The smallest absolute Gasteiger partial charge is 0.116 e. The van der Waals surface area contributed by atoms with Crippen LogP contribution in [0.3, 0.4) is 0 Å². The molecule has 2 rings (SSSR count). The number of aromatic amines is 1. The van der Waals surface area contributed by atoms with Gasteiger partial charge >= 0.3 is 0 Å². The number of halogens is 1. The molecular weight excluding hydrogens is 198 g/mol. The minimum absolute atomic E-state index is 0.244. The van der Waals surface area contributed by atoms with E-state index in [0.717, 1.165) is 16.6 Å². The first kappa shape index (κ1) is 9.41. The Balaban J connectivity index is 2.74. The van der Waals surface area contributed by atoms with Gasteiger partial charge in [-0.25, -0.2) is 0 Å². The van der Waals surface area contributed by atoms with Crippen LogP contribution in [0.15, 0.2) is 18.2 Å². The second kappa shape index (κ2) is 3.21. The fraction of sp³-hybridized carbons (Fsp3) is 0.273. The molecule has 0 amide bonds. The Hall–Kier alpha value is -1.15. The Labute approximate surface area is 87.5 Å². The van der Waals surface area contributed by atoms with Gasteiger partial charge in [0.05, 0.1) is 5.02 Å². The lowest BCUT2D eigenvalue weighted by atomic mass is 10.1. The molecule has 1 aromatic heterocycles. The molecule has 0 saturated heterocycles. The van der Waals surface area contributed by atoms with Crippen LogP contribution in [0, 0.1) is 0 Å². The molecule has 0 spiro atoms. The van der Waals surface area contributed by atoms with Crippen LogP contribution in [0.4, 0.5) is 0 Å². The van der Waals surface area contributed by atoms with Gasteiger partial charge < -0.3 is 10.1 Å². The first-order valence-corrected chi connectivity index (χ1v) is 4.97. The van der Waals surface area contributed by atoms with Crippen LogP contribution >= 0.6 is 11.6 Å². The summed E-state index contributed by atoms with van der Waals surface area (Å²) in [6.07, 6.45) is 0. The Kier molecular flexibility index (Phi) is 2.16. The molecule has 0 fully saturated rings. The van der Waals surface area contributed by atoms with E-state index in [2.05, 4.69) is 18.8 Å². The van der Waals surface area contributed by atoms with E-state index >= 15 is 0 Å². The van der Waals surface area contributed by atoms with Gasteiger partial charge in [0.15, 0.2) is 0 Å². The number of aromatic hydroxyl groups is 1. The zero-order valence-corrected chi connectivity index (χ0v) is 8.89. The highest BCUT2D eigenvalue weighted by atomic mass is 35.5. The predicted molar refractivity (Wildman–Crippen MR) is 59.1 cm³/mol. The number of hydrogen-bond donors (Lipinski definition) is 2. The average Bonchev–Trinajstić information content (AvgIpc) is 2.44. The van der Waals surface area contributed by atoms with Gasteiger partial charge in [-0.3, -0.25) is 0 Å². The summed E-state index contributed by atoms with van der Waals surface area (Å²) in [7, 11) is 0. The zero-order chi connectivity index (χ0) is 10.3. The summed E-state index contributed by atoms with van der Waals surface area (Å²) in [6.45, 7) is 4.16. The topological polar surface area (TPSA) is 36.0 Å². The van der Waals surface area contributed by atoms with Crippen molar-refractivity contribution in [2.24, 2.45) is 0 Å². The lowest BCUT2D eigenvalue weighted by Crippen LogP contribution is -1.86. The van der Waals surface area contributed by atoms with Crippen molar-refractivity contribution in [2.45, 2.75) is 19.8 Å². The standard InChI is InChI=1S/C11H12ClNO/c1-6(2)11-10(12)8-5-7(14)3-4-9(8)13-11/h3-6,13-14H,1-2H3. The lowest BCUT2D eigenvalue weighted by Gasteiger charge is -2.00. The second-order valence-corrected chi connectivity index (χ2v) is 4.12. The third-order valence-corrected chi connectivity index (χ3v) is 2.73. The maximum Gasteiger partial charge on any atom is 0.116 e. The molecule has 0 bridgehead atoms. The molecule has 0 unspecified atom stereocenters. The molecule has 74 valence electrons. The SMILES string of the molecule is CC(C)c1[nH]c2ccc(O)cc2c1Cl. The van der Waals surface area contributed by atoms with Crippen molar-refractivity contribution in [1.29, 1.82) is 0 Å². The first-order valence-electron chi connectivity index (χ1n) is 4.59. The minimum atomic E-state index is 0.244. The zero-order valence-electron chi connectivity index (χ0n) is 8.13. The van der Waals surface area contributed by atoms with Gasteiger partial charge in [0.1, 0.15) is 5.75 Å². The van der Waals surface area contributed by atoms with Gasteiger partial charge in [0.2, 0.25) is 0 Å². The summed E-state index contributed by atoms with van der Waals surface area (Å²) in [5, 5.41) is 10.9. The maximum absolute atomic E-state index is 9.33. The molecule has 0 aliphatic carbocycles. The molecule has 2 nitrogen and oxygen atoms in total. The number of nitrogens with one attached hydrogen (secondary N) is 1. The van der Waals surface area contributed by atoms with Crippen LogP contribution < -0.4 is 0 Å². The molecule has 2 N–H and O–H groups in total. The van der Waals surface area contributed by atoms with E-state index in [4.69, 9.17) is 11.6 Å². The Morgan fingerprint density at radius 1 is 1.36 bits per heavy atom. The van der Waals surface area contributed by atoms with Gasteiger partial charge in [0, 0.05) is 16.6 Å². The normalized spacial score (nSPS) is 11.4. The van der Waals surface area contributed by atoms with Crippen LogP contribution in [0.25, 0.3) is 10.9 Å². The Morgan fingerprint density at radius 2 is 2.07 bits per heavy atom. The highest BCUT2D eigenvalue weighted by Crippen LogP contribution is 2.33. The van der Waals surface area contributed by atoms with E-state index in [0.29, 0.717) is 10.9 Å². The van der Waals surface area contributed by atoms with E-state index < -0.39 is 0 Å². The number of rotatable bonds is 1. The molecule has 0 atom stereocenters. The molecule has 1 aromatic carbocycles. The summed E-state index contributed by atoms with van der Waals surface area (Å²) in [5.74, 6) is 0.603. The summed E-state index contributed by atoms with van der Waals surface area (Å²) in [4.78, 5) is 3.25. The third-order valence-electron chi connectivity index (χ3n) is 2.32. The minimum Gasteiger partial charge on any atom is -0.508 e. The highest BCUT2D eigenvalue weighted by molar-refractivity contribution is 6.36. The number of fused-ring (bicyclic) bond motifs is 1. The maximum atomic E-state index is 9.33. The quantitative estimate of drug-likeness (QED) is 0.739. The number of phenols is 1. The van der Waals surface area contributed by atoms with Gasteiger partial charge in [-0.1, -0.05) is 25.4 Å². The third kappa shape index (κ3) is 1.36. The fourth-order valence-electron chi connectivity index (χ4n) is 1.57. The van der Waals surface area contributed by atoms with Crippen LogP contribution in [-0.2, 0) is 0 Å². The molecule has 0 radical (unpaired) electrons. The number of phenolic OH excluding ortho intramolecular Hbond substituents is 1. The van der Waals surface area contributed by atoms with Crippen molar-refractivity contribution in [3.63, 3.8) is 0 Å². The number of aromatic nitrogens is 1. The van der Waals surface area contributed by atoms with Crippen LogP contribution in [0.5, 0.6) is 5.75 Å². The van der Waals surface area contributed by atoms with Crippen LogP contribution in [0.1, 0.15) is 25.5 Å². The molecule has 1 heterocycles. The summed E-state index contributed by atoms with van der Waals surface area (Å²) in [6, 6.07) is 5.17. The summed E-state index contributed by atoms with van der Waals surface area (Å²) in [5.41, 5.74) is 1.99. The lowest BCUT2D eigenvalue weighted by molar-refractivity contribution is 0.476. The number of benzene rings is 1. The number of hydrogen-bond acceptors (Lipinski definition) is 1. The molecule has 0 aliphatic heterocycles. The van der Waals surface area contributed by atoms with Gasteiger partial charge in [-0.15, -0.1) is 0 Å². The number of H-pyrrole nitrogens is 1. The van der Waals surface area contributed by atoms with Crippen molar-refractivity contribution in [3.05, 3.63) is 28.9 Å². The largest absolute Gasteiger partial charge is 0.508 e. The van der Waals surface area contributed by atoms with Crippen LogP contribution in [-0.4, -0.2) is 10.1 Å². The van der Waals surface area contributed by atoms with E-state index in [-0.39, 0.29) is 5.75 Å². The predicted octanol–water partition coefficient (Wildman–Crippen LogP) is 3.65. The van der Waals surface area contributed by atoms with E-state index in [1.165, 1.54) is 0 Å². The molecular formula is C11H12ClNO. The first-order chi connectivity index (χ1) is 6.59. The molecule has 2 aromatic rings. The summed E-state index contributed by atoms with van der Waals surface area (Å²) < 4.78 is 0. The van der Waals surface area contributed by atoms with E-state index in [1.807, 2.05) is 6.07 Å². The van der Waals surface area contributed by atoms with Gasteiger partial charge in [-0.05, 0) is 24.1 Å². The average molecular weight is 210 g/mol. The summed E-state index contributed by atoms with van der Waals surface area (Å²) >= 11 is 6.18. The molecule has 14 heavy (non-hydrogen) atoms. The Morgan fingerprint density at radius 3 is 2.71 bits per heavy atom. The second-order valence-electron chi connectivity index (χ2n) is 3.74. The van der Waals surface area contributed by atoms with Crippen molar-refractivity contribution in [3.8, 4) is 5.75 Å². The van der Waals surface area contributed by atoms with E-state index in [1.54, 1.807) is 12.1 Å². The van der Waals surface area contributed by atoms with Crippen molar-refractivity contribution in [2.75, 3.05) is 0 Å². The Bertz CT molecular complexity index is 473.